The average Bonchev–Trinajstić information content (AvgIpc) is 2.39. The lowest BCUT2D eigenvalue weighted by Gasteiger charge is -2.15. The van der Waals surface area contributed by atoms with Crippen LogP contribution >= 0.6 is 0 Å². The maximum Gasteiger partial charge on any atom is 0.0346 e. The van der Waals surface area contributed by atoms with Gasteiger partial charge in [0.15, 0.2) is 0 Å². The van der Waals surface area contributed by atoms with Gasteiger partial charge in [0, 0.05) is 17.8 Å². The van der Waals surface area contributed by atoms with Gasteiger partial charge in [0.2, 0.25) is 0 Å². The number of fused-ring (bicyclic) bond motifs is 1. The van der Waals surface area contributed by atoms with Crippen molar-refractivity contribution in [2.75, 3.05) is 13.1 Å². The predicted molar refractivity (Wildman–Crippen MR) is 82.3 cm³/mol. The molecule has 0 bridgehead atoms. The van der Waals surface area contributed by atoms with Crippen LogP contribution in [0.1, 0.15) is 26.3 Å². The molecule has 0 aliphatic heterocycles. The molecular formula is C17H24N2. The highest BCUT2D eigenvalue weighted by atomic mass is 14.9. The predicted octanol–water partition coefficient (Wildman–Crippen LogP) is 3.66. The van der Waals surface area contributed by atoms with E-state index in [1.807, 2.05) is 12.4 Å². The van der Waals surface area contributed by atoms with Gasteiger partial charge < -0.3 is 5.32 Å². The molecule has 2 heteroatoms. The van der Waals surface area contributed by atoms with Crippen molar-refractivity contribution in [3.05, 3.63) is 42.2 Å². The molecule has 1 unspecified atom stereocenters. The Kier molecular flexibility index (Phi) is 4.92. The van der Waals surface area contributed by atoms with Gasteiger partial charge in [0.05, 0.1) is 0 Å². The van der Waals surface area contributed by atoms with E-state index in [1.54, 1.807) is 0 Å². The molecule has 2 rings (SSSR count). The van der Waals surface area contributed by atoms with Gasteiger partial charge in [-0.25, -0.2) is 0 Å². The number of benzene rings is 1. The average molecular weight is 256 g/mol. The summed E-state index contributed by atoms with van der Waals surface area (Å²) in [4.78, 5) is 4.19. The largest absolute Gasteiger partial charge is 0.316 e. The van der Waals surface area contributed by atoms with E-state index in [0.717, 1.165) is 25.4 Å². The molecule has 0 saturated heterocycles. The third kappa shape index (κ3) is 4.03. The Morgan fingerprint density at radius 1 is 1.11 bits per heavy atom. The molecule has 0 fully saturated rings. The number of rotatable bonds is 6. The van der Waals surface area contributed by atoms with Crippen LogP contribution in [0.4, 0.5) is 0 Å². The lowest BCUT2D eigenvalue weighted by atomic mass is 9.96. The molecule has 0 aliphatic rings. The second-order valence-electron chi connectivity index (χ2n) is 5.88. The molecule has 1 aromatic heterocycles. The summed E-state index contributed by atoms with van der Waals surface area (Å²) in [6, 6.07) is 8.63. The van der Waals surface area contributed by atoms with Crippen LogP contribution in [-0.4, -0.2) is 18.1 Å². The first-order valence-electron chi connectivity index (χ1n) is 7.19. The lowest BCUT2D eigenvalue weighted by molar-refractivity contribution is 0.474. The molecular weight excluding hydrogens is 232 g/mol. The van der Waals surface area contributed by atoms with Crippen LogP contribution < -0.4 is 5.32 Å². The molecule has 19 heavy (non-hydrogen) atoms. The number of nitrogens with zero attached hydrogens (tertiary/aromatic N) is 1. The van der Waals surface area contributed by atoms with Gasteiger partial charge in [0.1, 0.15) is 0 Å². The van der Waals surface area contributed by atoms with Crippen LogP contribution in [0.25, 0.3) is 10.8 Å². The van der Waals surface area contributed by atoms with Gasteiger partial charge in [-0.1, -0.05) is 39.0 Å². The third-order valence-corrected chi connectivity index (χ3v) is 3.38. The molecule has 1 aromatic carbocycles. The molecule has 0 radical (unpaired) electrons. The molecule has 2 nitrogen and oxygen atoms in total. The van der Waals surface area contributed by atoms with E-state index in [0.29, 0.717) is 5.92 Å². The third-order valence-electron chi connectivity index (χ3n) is 3.38. The molecule has 0 amide bonds. The van der Waals surface area contributed by atoms with Gasteiger partial charge in [-0.05, 0) is 48.4 Å². The molecule has 1 atom stereocenters. The van der Waals surface area contributed by atoms with Crippen molar-refractivity contribution in [3.8, 4) is 0 Å². The van der Waals surface area contributed by atoms with E-state index in [1.165, 1.54) is 16.3 Å². The highest BCUT2D eigenvalue weighted by Crippen LogP contribution is 2.20. The van der Waals surface area contributed by atoms with Crippen LogP contribution in [0.2, 0.25) is 0 Å². The zero-order valence-electron chi connectivity index (χ0n) is 12.2. The van der Waals surface area contributed by atoms with Crippen molar-refractivity contribution in [1.82, 2.24) is 10.3 Å². The number of aromatic nitrogens is 1. The number of pyridine rings is 1. The van der Waals surface area contributed by atoms with Crippen LogP contribution in [-0.2, 0) is 6.42 Å². The Morgan fingerprint density at radius 3 is 2.74 bits per heavy atom. The quantitative estimate of drug-likeness (QED) is 0.853. The SMILES string of the molecule is CC(C)CNCC(C)Cc1cccc2cnccc12. The van der Waals surface area contributed by atoms with Gasteiger partial charge in [-0.3, -0.25) is 4.98 Å². The Hall–Kier alpha value is -1.41. The maximum absolute atomic E-state index is 4.19. The Balaban J connectivity index is 2.00. The Bertz CT molecular complexity index is 514. The summed E-state index contributed by atoms with van der Waals surface area (Å²) < 4.78 is 0. The van der Waals surface area contributed by atoms with Gasteiger partial charge in [0.25, 0.3) is 0 Å². The zero-order chi connectivity index (χ0) is 13.7. The monoisotopic (exact) mass is 256 g/mol. The first kappa shape index (κ1) is 14.0. The van der Waals surface area contributed by atoms with E-state index in [2.05, 4.69) is 55.3 Å². The van der Waals surface area contributed by atoms with Gasteiger partial charge >= 0.3 is 0 Å². The molecule has 0 saturated carbocycles. The zero-order valence-corrected chi connectivity index (χ0v) is 12.2. The van der Waals surface area contributed by atoms with E-state index < -0.39 is 0 Å². The van der Waals surface area contributed by atoms with E-state index in [-0.39, 0.29) is 0 Å². The van der Waals surface area contributed by atoms with E-state index in [4.69, 9.17) is 0 Å². The summed E-state index contributed by atoms with van der Waals surface area (Å²) in [5, 5.41) is 6.12. The lowest BCUT2D eigenvalue weighted by Crippen LogP contribution is -2.26. The van der Waals surface area contributed by atoms with Crippen LogP contribution in [0.5, 0.6) is 0 Å². The van der Waals surface area contributed by atoms with Crippen molar-refractivity contribution in [3.63, 3.8) is 0 Å². The smallest absolute Gasteiger partial charge is 0.0346 e. The summed E-state index contributed by atoms with van der Waals surface area (Å²) in [7, 11) is 0. The summed E-state index contributed by atoms with van der Waals surface area (Å²) >= 11 is 0. The van der Waals surface area contributed by atoms with Crippen molar-refractivity contribution in [2.45, 2.75) is 27.2 Å². The molecule has 1 heterocycles. The summed E-state index contributed by atoms with van der Waals surface area (Å²) in [6.45, 7) is 8.99. The number of hydrogen-bond donors (Lipinski definition) is 1. The molecule has 2 aromatic rings. The van der Waals surface area contributed by atoms with E-state index >= 15 is 0 Å². The molecule has 0 spiro atoms. The van der Waals surface area contributed by atoms with Gasteiger partial charge in [-0.2, -0.15) is 0 Å². The van der Waals surface area contributed by atoms with Crippen molar-refractivity contribution in [1.29, 1.82) is 0 Å². The normalized spacial score (nSPS) is 13.1. The topological polar surface area (TPSA) is 24.9 Å². The van der Waals surface area contributed by atoms with Gasteiger partial charge in [-0.15, -0.1) is 0 Å². The highest BCUT2D eigenvalue weighted by Gasteiger charge is 2.07. The minimum atomic E-state index is 0.650. The minimum absolute atomic E-state index is 0.650. The van der Waals surface area contributed by atoms with Crippen LogP contribution in [0.3, 0.4) is 0 Å². The second-order valence-corrected chi connectivity index (χ2v) is 5.88. The highest BCUT2D eigenvalue weighted by molar-refractivity contribution is 5.84. The van der Waals surface area contributed by atoms with E-state index in [9.17, 15) is 0 Å². The summed E-state index contributed by atoms with van der Waals surface area (Å²) in [6.07, 6.45) is 4.94. The first-order valence-corrected chi connectivity index (χ1v) is 7.19. The fourth-order valence-electron chi connectivity index (χ4n) is 2.43. The Labute approximate surface area is 116 Å². The second kappa shape index (κ2) is 6.67. The Morgan fingerprint density at radius 2 is 1.95 bits per heavy atom. The minimum Gasteiger partial charge on any atom is -0.316 e. The molecule has 0 aliphatic carbocycles. The fraction of sp³-hybridized carbons (Fsp3) is 0.471. The van der Waals surface area contributed by atoms with Crippen LogP contribution in [0.15, 0.2) is 36.7 Å². The first-order chi connectivity index (χ1) is 9.16. The van der Waals surface area contributed by atoms with Crippen LogP contribution in [0, 0.1) is 11.8 Å². The maximum atomic E-state index is 4.19. The molecule has 1 N–H and O–H groups in total. The standard InChI is InChI=1S/C17H24N2/c1-13(2)10-19-11-14(3)9-15-5-4-6-16-12-18-8-7-17(15)16/h4-8,12-14,19H,9-11H2,1-3H3. The summed E-state index contributed by atoms with van der Waals surface area (Å²) in [5.41, 5.74) is 1.43. The number of hydrogen-bond acceptors (Lipinski definition) is 2. The van der Waals surface area contributed by atoms with Crippen molar-refractivity contribution in [2.24, 2.45) is 11.8 Å². The number of nitrogens with one attached hydrogen (secondary N) is 1. The van der Waals surface area contributed by atoms with Crippen molar-refractivity contribution < 1.29 is 0 Å². The summed E-state index contributed by atoms with van der Waals surface area (Å²) in [5.74, 6) is 1.37. The molecule has 102 valence electrons. The fourth-order valence-corrected chi connectivity index (χ4v) is 2.43. The van der Waals surface area contributed by atoms with Crippen molar-refractivity contribution >= 4 is 10.8 Å².